The van der Waals surface area contributed by atoms with E-state index < -0.39 is 10.0 Å². The molecular formula is C20H24ClN5O2S2. The second kappa shape index (κ2) is 9.38. The monoisotopic (exact) mass is 465 g/mol. The summed E-state index contributed by atoms with van der Waals surface area (Å²) >= 11 is 7.72. The molecule has 3 rings (SSSR count). The Morgan fingerprint density at radius 1 is 1.13 bits per heavy atom. The third kappa shape index (κ3) is 4.49. The summed E-state index contributed by atoms with van der Waals surface area (Å²) in [6.45, 7) is 6.43. The van der Waals surface area contributed by atoms with E-state index in [4.69, 9.17) is 17.4 Å². The average molecular weight is 466 g/mol. The minimum absolute atomic E-state index is 0.00688. The van der Waals surface area contributed by atoms with Crippen LogP contribution in [0.3, 0.4) is 0 Å². The molecule has 0 spiro atoms. The first-order valence-electron chi connectivity index (χ1n) is 9.51. The summed E-state index contributed by atoms with van der Waals surface area (Å²) in [5.74, 6) is 6.64. The summed E-state index contributed by atoms with van der Waals surface area (Å²) in [4.78, 5) is 0.199. The summed E-state index contributed by atoms with van der Waals surface area (Å²) in [5.41, 5.74) is 1.55. The number of halogens is 1. The molecule has 7 nitrogen and oxygen atoms in total. The van der Waals surface area contributed by atoms with E-state index in [9.17, 15) is 8.42 Å². The van der Waals surface area contributed by atoms with Crippen molar-refractivity contribution in [1.29, 1.82) is 0 Å². The topological polar surface area (TPSA) is 94.1 Å². The molecule has 1 atom stereocenters. The van der Waals surface area contributed by atoms with Crippen molar-refractivity contribution >= 4 is 33.4 Å². The Balaban J connectivity index is 1.90. The van der Waals surface area contributed by atoms with Gasteiger partial charge in [-0.25, -0.2) is 13.1 Å². The highest BCUT2D eigenvalue weighted by molar-refractivity contribution is 7.99. The Hall–Kier alpha value is -2.07. The molecular weight excluding hydrogens is 442 g/mol. The summed E-state index contributed by atoms with van der Waals surface area (Å²) < 4.78 is 28.5. The van der Waals surface area contributed by atoms with Gasteiger partial charge in [0.2, 0.25) is 15.2 Å². The van der Waals surface area contributed by atoms with Crippen molar-refractivity contribution < 1.29 is 8.42 Å². The fourth-order valence-electron chi connectivity index (χ4n) is 3.09. The van der Waals surface area contributed by atoms with E-state index in [1.54, 1.807) is 24.3 Å². The first kappa shape index (κ1) is 22.6. The summed E-state index contributed by atoms with van der Waals surface area (Å²) in [6, 6.07) is 14.2. The van der Waals surface area contributed by atoms with Crippen LogP contribution in [0.4, 0.5) is 0 Å². The number of nitrogens with two attached hydrogens (primary N) is 1. The van der Waals surface area contributed by atoms with Gasteiger partial charge in [0.25, 0.3) is 0 Å². The minimum atomic E-state index is -3.58. The van der Waals surface area contributed by atoms with Crippen LogP contribution in [0.1, 0.15) is 31.6 Å². The van der Waals surface area contributed by atoms with Gasteiger partial charge >= 0.3 is 0 Å². The van der Waals surface area contributed by atoms with Crippen molar-refractivity contribution in [2.75, 3.05) is 18.9 Å². The van der Waals surface area contributed by atoms with Gasteiger partial charge in [0, 0.05) is 28.9 Å². The predicted octanol–water partition coefficient (Wildman–Crippen LogP) is 4.20. The maximum Gasteiger partial charge on any atom is 0.243 e. The average Bonchev–Trinajstić information content (AvgIpc) is 3.09. The van der Waals surface area contributed by atoms with Crippen molar-refractivity contribution in [3.8, 4) is 11.4 Å². The lowest BCUT2D eigenvalue weighted by Crippen LogP contribution is -2.30. The van der Waals surface area contributed by atoms with Crippen LogP contribution < -0.4 is 5.84 Å². The Bertz CT molecular complexity index is 1130. The summed E-state index contributed by atoms with van der Waals surface area (Å²) in [6.07, 6.45) is 0. The van der Waals surface area contributed by atoms with E-state index in [-0.39, 0.29) is 10.1 Å². The Labute approximate surface area is 186 Å². The lowest BCUT2D eigenvalue weighted by atomic mass is 10.2. The third-order valence-corrected chi connectivity index (χ3v) is 8.21. The van der Waals surface area contributed by atoms with Crippen LogP contribution in [-0.4, -0.2) is 40.7 Å². The number of benzene rings is 2. The molecule has 2 aromatic carbocycles. The van der Waals surface area contributed by atoms with Crippen molar-refractivity contribution in [1.82, 2.24) is 19.2 Å². The molecule has 1 aromatic heterocycles. The van der Waals surface area contributed by atoms with Crippen molar-refractivity contribution in [2.24, 2.45) is 0 Å². The highest BCUT2D eigenvalue weighted by Crippen LogP contribution is 2.37. The number of nitrogen functional groups attached to an aromatic ring is 1. The van der Waals surface area contributed by atoms with Crippen LogP contribution in [0.2, 0.25) is 5.02 Å². The van der Waals surface area contributed by atoms with Crippen LogP contribution in [0, 0.1) is 0 Å². The molecule has 0 saturated heterocycles. The van der Waals surface area contributed by atoms with Crippen LogP contribution in [-0.2, 0) is 10.0 Å². The predicted molar refractivity (Wildman–Crippen MR) is 121 cm³/mol. The number of hydrogen-bond donors (Lipinski definition) is 1. The molecule has 1 heterocycles. The number of sulfonamides is 1. The van der Waals surface area contributed by atoms with Gasteiger partial charge in [-0.1, -0.05) is 67.5 Å². The van der Waals surface area contributed by atoms with Gasteiger partial charge in [-0.2, -0.15) is 4.31 Å². The zero-order chi connectivity index (χ0) is 21.9. The van der Waals surface area contributed by atoms with Crippen LogP contribution >= 0.6 is 23.4 Å². The molecule has 0 aliphatic rings. The molecule has 0 bridgehead atoms. The van der Waals surface area contributed by atoms with E-state index >= 15 is 0 Å². The molecule has 0 aliphatic carbocycles. The lowest BCUT2D eigenvalue weighted by Gasteiger charge is -2.18. The standard InChI is InChI=1S/C20H24ClN5O2S2/c1-4-25(5-2)30(27,28)16-10-8-9-15(13-16)19-23-24-20(26(19)22)29-14(3)17-11-6-7-12-18(17)21/h6-14H,4-5,22H2,1-3H3. The van der Waals surface area contributed by atoms with Gasteiger partial charge in [-0.3, -0.25) is 0 Å². The first-order chi connectivity index (χ1) is 14.3. The number of aromatic nitrogens is 3. The molecule has 10 heteroatoms. The van der Waals surface area contributed by atoms with Crippen molar-refractivity contribution in [2.45, 2.75) is 36.1 Å². The third-order valence-electron chi connectivity index (χ3n) is 4.73. The molecule has 160 valence electrons. The number of rotatable bonds is 8. The highest BCUT2D eigenvalue weighted by atomic mass is 35.5. The zero-order valence-corrected chi connectivity index (χ0v) is 19.4. The fraction of sp³-hybridized carbons (Fsp3) is 0.300. The summed E-state index contributed by atoms with van der Waals surface area (Å²) in [5, 5.41) is 9.58. The van der Waals surface area contributed by atoms with E-state index in [0.29, 0.717) is 34.7 Å². The smallest absolute Gasteiger partial charge is 0.243 e. The molecule has 0 amide bonds. The van der Waals surface area contributed by atoms with Gasteiger partial charge in [0.1, 0.15) is 0 Å². The lowest BCUT2D eigenvalue weighted by molar-refractivity contribution is 0.445. The number of hydrogen-bond acceptors (Lipinski definition) is 6. The van der Waals surface area contributed by atoms with E-state index in [1.807, 2.05) is 45.0 Å². The molecule has 0 fully saturated rings. The molecule has 30 heavy (non-hydrogen) atoms. The van der Waals surface area contributed by atoms with Gasteiger partial charge in [-0.15, -0.1) is 10.2 Å². The maximum absolute atomic E-state index is 12.8. The molecule has 3 aromatic rings. The zero-order valence-electron chi connectivity index (χ0n) is 17.0. The number of nitrogens with zero attached hydrogens (tertiary/aromatic N) is 4. The SMILES string of the molecule is CCN(CC)S(=O)(=O)c1cccc(-c2nnc(SC(C)c3ccccc3Cl)n2N)c1. The molecule has 1 unspecified atom stereocenters. The second-order valence-electron chi connectivity index (χ2n) is 6.57. The molecule has 0 saturated carbocycles. The Morgan fingerprint density at radius 2 is 1.83 bits per heavy atom. The normalized spacial score (nSPS) is 13.0. The summed E-state index contributed by atoms with van der Waals surface area (Å²) in [7, 11) is -3.58. The fourth-order valence-corrected chi connectivity index (χ4v) is 5.89. The van der Waals surface area contributed by atoms with E-state index in [2.05, 4.69) is 10.2 Å². The van der Waals surface area contributed by atoms with Gasteiger partial charge in [0.15, 0.2) is 5.82 Å². The largest absolute Gasteiger partial charge is 0.335 e. The van der Waals surface area contributed by atoms with Gasteiger partial charge < -0.3 is 5.84 Å². The molecule has 2 N–H and O–H groups in total. The van der Waals surface area contributed by atoms with E-state index in [0.717, 1.165) is 5.56 Å². The van der Waals surface area contributed by atoms with Gasteiger partial charge in [0.05, 0.1) is 4.90 Å². The van der Waals surface area contributed by atoms with Crippen LogP contribution in [0.25, 0.3) is 11.4 Å². The second-order valence-corrected chi connectivity index (χ2v) is 10.2. The van der Waals surface area contributed by atoms with Crippen molar-refractivity contribution in [3.63, 3.8) is 0 Å². The molecule has 0 aliphatic heterocycles. The van der Waals surface area contributed by atoms with Crippen molar-refractivity contribution in [3.05, 3.63) is 59.1 Å². The minimum Gasteiger partial charge on any atom is -0.335 e. The van der Waals surface area contributed by atoms with Crippen LogP contribution in [0.15, 0.2) is 58.6 Å². The first-order valence-corrected chi connectivity index (χ1v) is 12.2. The Morgan fingerprint density at radius 3 is 2.50 bits per heavy atom. The molecule has 0 radical (unpaired) electrons. The van der Waals surface area contributed by atoms with Crippen LogP contribution in [0.5, 0.6) is 0 Å². The maximum atomic E-state index is 12.8. The van der Waals surface area contributed by atoms with Gasteiger partial charge in [-0.05, 0) is 30.7 Å². The highest BCUT2D eigenvalue weighted by Gasteiger charge is 2.23. The number of thioether (sulfide) groups is 1. The van der Waals surface area contributed by atoms with E-state index in [1.165, 1.54) is 20.7 Å². The quantitative estimate of drug-likeness (QED) is 0.396. The Kier molecular flexibility index (Phi) is 7.07.